The summed E-state index contributed by atoms with van der Waals surface area (Å²) in [4.78, 5) is 13.1. The molecule has 150 valence electrons. The number of ether oxygens (including phenoxy) is 1. The van der Waals surface area contributed by atoms with Crippen molar-refractivity contribution in [3.8, 4) is 0 Å². The smallest absolute Gasteiger partial charge is 0.191 e. The number of thiazole rings is 1. The Labute approximate surface area is 179 Å². The van der Waals surface area contributed by atoms with Gasteiger partial charge < -0.3 is 20.3 Å². The predicted molar refractivity (Wildman–Crippen MR) is 121 cm³/mol. The van der Waals surface area contributed by atoms with Crippen molar-refractivity contribution < 1.29 is 4.74 Å². The molecule has 1 aromatic heterocycles. The molecule has 0 amide bonds. The maximum absolute atomic E-state index is 5.54. The van der Waals surface area contributed by atoms with E-state index in [4.69, 9.17) is 9.73 Å². The van der Waals surface area contributed by atoms with Gasteiger partial charge in [-0.2, -0.15) is 0 Å². The maximum atomic E-state index is 5.54. The summed E-state index contributed by atoms with van der Waals surface area (Å²) >= 11 is 1.79. The second-order valence-corrected chi connectivity index (χ2v) is 8.14. The van der Waals surface area contributed by atoms with E-state index in [0.29, 0.717) is 0 Å². The first kappa shape index (κ1) is 23.6. The van der Waals surface area contributed by atoms with Crippen molar-refractivity contribution in [1.29, 1.82) is 0 Å². The number of halogens is 1. The first-order chi connectivity index (χ1) is 12.0. The Morgan fingerprint density at radius 2 is 1.96 bits per heavy atom. The summed E-state index contributed by atoms with van der Waals surface area (Å²) in [7, 11) is 4.29. The minimum absolute atomic E-state index is 0. The van der Waals surface area contributed by atoms with Crippen LogP contribution in [0.2, 0.25) is 0 Å². The van der Waals surface area contributed by atoms with Crippen LogP contribution in [0.1, 0.15) is 35.3 Å². The van der Waals surface area contributed by atoms with Gasteiger partial charge in [-0.15, -0.1) is 35.3 Å². The summed E-state index contributed by atoms with van der Waals surface area (Å²) in [6.45, 7) is 10.4. The number of nitrogens with one attached hydrogen (secondary N) is 2. The molecule has 0 atom stereocenters. The van der Waals surface area contributed by atoms with E-state index in [0.717, 1.165) is 63.8 Å². The van der Waals surface area contributed by atoms with Gasteiger partial charge in [-0.3, -0.25) is 4.99 Å². The van der Waals surface area contributed by atoms with Crippen LogP contribution in [0, 0.1) is 13.8 Å². The fraction of sp³-hybridized carbons (Fsp3) is 0.778. The van der Waals surface area contributed by atoms with Crippen molar-refractivity contribution in [3.05, 3.63) is 15.6 Å². The average Bonchev–Trinajstić information content (AvgIpc) is 2.91. The number of hydrogen-bond donors (Lipinski definition) is 2. The molecule has 0 bridgehead atoms. The second kappa shape index (κ2) is 11.4. The largest absolute Gasteiger partial charge is 0.381 e. The van der Waals surface area contributed by atoms with E-state index in [1.54, 1.807) is 11.3 Å². The Bertz CT molecular complexity index is 550. The quantitative estimate of drug-likeness (QED) is 0.346. The van der Waals surface area contributed by atoms with E-state index in [-0.39, 0.29) is 29.5 Å². The summed E-state index contributed by atoms with van der Waals surface area (Å²) in [6, 6.07) is 0. The molecule has 0 radical (unpaired) electrons. The topological polar surface area (TPSA) is 61.8 Å². The Hall–Kier alpha value is -0.450. The van der Waals surface area contributed by atoms with Crippen LogP contribution in [0.3, 0.4) is 0 Å². The minimum atomic E-state index is 0. The third kappa shape index (κ3) is 6.61. The van der Waals surface area contributed by atoms with Crippen molar-refractivity contribution in [2.24, 2.45) is 4.99 Å². The van der Waals surface area contributed by atoms with Gasteiger partial charge in [-0.05, 0) is 47.7 Å². The summed E-state index contributed by atoms with van der Waals surface area (Å²) in [5.41, 5.74) is 1.25. The number of aryl methyl sites for hydroxylation is 2. The zero-order valence-electron chi connectivity index (χ0n) is 16.7. The van der Waals surface area contributed by atoms with Crippen molar-refractivity contribution >= 4 is 41.3 Å². The molecular formula is C18H34IN5OS. The minimum Gasteiger partial charge on any atom is -0.381 e. The lowest BCUT2D eigenvalue weighted by Gasteiger charge is -2.41. The maximum Gasteiger partial charge on any atom is 0.191 e. The van der Waals surface area contributed by atoms with Crippen molar-refractivity contribution in [3.63, 3.8) is 0 Å². The Balaban J connectivity index is 0.00000338. The molecule has 0 aliphatic carbocycles. The molecule has 8 heteroatoms. The van der Waals surface area contributed by atoms with Crippen LogP contribution in [-0.2, 0) is 11.2 Å². The Kier molecular flexibility index (Phi) is 10.3. The molecule has 0 aromatic carbocycles. The highest BCUT2D eigenvalue weighted by Gasteiger charge is 2.34. The fourth-order valence-corrected chi connectivity index (χ4v) is 3.93. The predicted octanol–water partition coefficient (Wildman–Crippen LogP) is 2.59. The number of aliphatic imine (C=N–C) groups is 1. The second-order valence-electron chi connectivity index (χ2n) is 6.85. The number of nitrogens with zero attached hydrogens (tertiary/aromatic N) is 3. The fourth-order valence-electron chi connectivity index (χ4n) is 3.00. The molecule has 26 heavy (non-hydrogen) atoms. The molecule has 1 aliphatic heterocycles. The highest BCUT2D eigenvalue weighted by Crippen LogP contribution is 2.26. The van der Waals surface area contributed by atoms with Crippen LogP contribution in [0.25, 0.3) is 0 Å². The summed E-state index contributed by atoms with van der Waals surface area (Å²) < 4.78 is 5.54. The van der Waals surface area contributed by atoms with Crippen molar-refractivity contribution in [2.75, 3.05) is 46.9 Å². The van der Waals surface area contributed by atoms with E-state index in [9.17, 15) is 0 Å². The van der Waals surface area contributed by atoms with Gasteiger partial charge in [0.25, 0.3) is 0 Å². The molecule has 1 aliphatic rings. The average molecular weight is 495 g/mol. The SMILES string of the molecule is CCNC(=NCC1(N(C)C)CCOCC1)NCCc1nc(C)c(C)s1.I. The summed E-state index contributed by atoms with van der Waals surface area (Å²) in [5.74, 6) is 0.889. The monoisotopic (exact) mass is 495 g/mol. The van der Waals surface area contributed by atoms with E-state index in [1.165, 1.54) is 9.88 Å². The molecule has 0 saturated carbocycles. The van der Waals surface area contributed by atoms with Gasteiger partial charge in [0.1, 0.15) is 0 Å². The van der Waals surface area contributed by atoms with Gasteiger partial charge in [-0.25, -0.2) is 4.98 Å². The molecule has 0 unspecified atom stereocenters. The van der Waals surface area contributed by atoms with Crippen LogP contribution in [0.15, 0.2) is 4.99 Å². The van der Waals surface area contributed by atoms with Gasteiger partial charge in [-0.1, -0.05) is 0 Å². The Morgan fingerprint density at radius 1 is 1.27 bits per heavy atom. The van der Waals surface area contributed by atoms with Crippen LogP contribution in [-0.4, -0.2) is 68.3 Å². The van der Waals surface area contributed by atoms with Crippen molar-refractivity contribution in [2.45, 2.75) is 45.6 Å². The molecule has 1 fully saturated rings. The Morgan fingerprint density at radius 3 is 2.50 bits per heavy atom. The van der Waals surface area contributed by atoms with E-state index < -0.39 is 0 Å². The van der Waals surface area contributed by atoms with E-state index in [1.807, 2.05) is 0 Å². The number of guanidine groups is 1. The molecular weight excluding hydrogens is 461 g/mol. The van der Waals surface area contributed by atoms with Gasteiger partial charge >= 0.3 is 0 Å². The van der Waals surface area contributed by atoms with Crippen LogP contribution < -0.4 is 10.6 Å². The lowest BCUT2D eigenvalue weighted by Crippen LogP contribution is -2.51. The summed E-state index contributed by atoms with van der Waals surface area (Å²) in [6.07, 6.45) is 2.98. The van der Waals surface area contributed by atoms with Crippen molar-refractivity contribution in [1.82, 2.24) is 20.5 Å². The molecule has 6 nitrogen and oxygen atoms in total. The van der Waals surface area contributed by atoms with Gasteiger partial charge in [0.15, 0.2) is 5.96 Å². The number of likely N-dealkylation sites (N-methyl/N-ethyl adjacent to an activating group) is 1. The van der Waals surface area contributed by atoms with E-state index >= 15 is 0 Å². The molecule has 0 spiro atoms. The van der Waals surface area contributed by atoms with E-state index in [2.05, 4.69) is 55.4 Å². The number of aromatic nitrogens is 1. The van der Waals surface area contributed by atoms with Crippen LogP contribution >= 0.6 is 35.3 Å². The third-order valence-electron chi connectivity index (χ3n) is 4.95. The normalized spacial score (nSPS) is 17.1. The molecule has 1 aromatic rings. The first-order valence-corrected chi connectivity index (χ1v) is 9.99. The van der Waals surface area contributed by atoms with Crippen LogP contribution in [0.4, 0.5) is 0 Å². The molecule has 2 N–H and O–H groups in total. The lowest BCUT2D eigenvalue weighted by atomic mass is 9.89. The van der Waals surface area contributed by atoms with Crippen LogP contribution in [0.5, 0.6) is 0 Å². The highest BCUT2D eigenvalue weighted by molar-refractivity contribution is 14.0. The first-order valence-electron chi connectivity index (χ1n) is 9.17. The number of rotatable bonds is 7. The van der Waals surface area contributed by atoms with Gasteiger partial charge in [0.2, 0.25) is 0 Å². The van der Waals surface area contributed by atoms with Gasteiger partial charge in [0, 0.05) is 43.1 Å². The summed E-state index contributed by atoms with van der Waals surface area (Å²) in [5, 5.41) is 7.99. The van der Waals surface area contributed by atoms with Gasteiger partial charge in [0.05, 0.1) is 17.2 Å². The standard InChI is InChI=1S/C18H33N5OS.HI/c1-6-19-17(20-10-7-16-22-14(2)15(3)25-16)21-13-18(23(4)5)8-11-24-12-9-18;/h6-13H2,1-5H3,(H2,19,20,21);1H. The molecule has 1 saturated heterocycles. The molecule has 2 rings (SSSR count). The molecule has 2 heterocycles. The highest BCUT2D eigenvalue weighted by atomic mass is 127. The zero-order valence-corrected chi connectivity index (χ0v) is 19.9. The third-order valence-corrected chi connectivity index (χ3v) is 6.08. The lowest BCUT2D eigenvalue weighted by molar-refractivity contribution is -0.00254. The zero-order chi connectivity index (χ0) is 18.3. The number of hydrogen-bond acceptors (Lipinski definition) is 5.